The second-order valence-corrected chi connectivity index (χ2v) is 5.76. The van der Waals surface area contributed by atoms with E-state index in [1.807, 2.05) is 13.8 Å². The number of hydrogen-bond donors (Lipinski definition) is 1. The summed E-state index contributed by atoms with van der Waals surface area (Å²) < 4.78 is 5.24. The summed E-state index contributed by atoms with van der Waals surface area (Å²) in [4.78, 5) is 4.40. The molecule has 0 unspecified atom stereocenters. The lowest BCUT2D eigenvalue weighted by Gasteiger charge is -2.16. The highest BCUT2D eigenvalue weighted by molar-refractivity contribution is 5.23. The highest BCUT2D eigenvalue weighted by Crippen LogP contribution is 2.12. The molecule has 0 bridgehead atoms. The fourth-order valence-corrected chi connectivity index (χ4v) is 1.78. The molecule has 0 aliphatic carbocycles. The Hall–Kier alpha value is -1.68. The lowest BCUT2D eigenvalue weighted by atomic mass is 10.0. The summed E-state index contributed by atoms with van der Waals surface area (Å²) in [6, 6.07) is 8.36. The first-order valence-corrected chi connectivity index (χ1v) is 6.58. The second-order valence-electron chi connectivity index (χ2n) is 5.76. The summed E-state index contributed by atoms with van der Waals surface area (Å²) >= 11 is 0. The second kappa shape index (κ2) is 5.53. The van der Waals surface area contributed by atoms with Crippen molar-refractivity contribution in [1.82, 2.24) is 10.1 Å². The summed E-state index contributed by atoms with van der Waals surface area (Å²) in [6.07, 6.45) is 2.26. The molecule has 1 heterocycles. The fourth-order valence-electron chi connectivity index (χ4n) is 1.78. The van der Waals surface area contributed by atoms with Gasteiger partial charge < -0.3 is 10.3 Å². The molecule has 2 N–H and O–H groups in total. The molecule has 0 aliphatic rings. The zero-order valence-electron chi connectivity index (χ0n) is 11.8. The third-order valence-electron chi connectivity index (χ3n) is 2.98. The van der Waals surface area contributed by atoms with Gasteiger partial charge in [0.05, 0.1) is 0 Å². The van der Waals surface area contributed by atoms with E-state index in [0.717, 1.165) is 18.7 Å². The van der Waals surface area contributed by atoms with Gasteiger partial charge in [0.2, 0.25) is 5.89 Å². The minimum atomic E-state index is -0.203. The third kappa shape index (κ3) is 4.48. The first-order chi connectivity index (χ1) is 8.92. The minimum absolute atomic E-state index is 0.203. The minimum Gasteiger partial charge on any atom is -0.339 e. The molecule has 0 amide bonds. The van der Waals surface area contributed by atoms with E-state index >= 15 is 0 Å². The maximum absolute atomic E-state index is 5.94. The molecule has 2 rings (SSSR count). The van der Waals surface area contributed by atoms with Crippen LogP contribution in [0.4, 0.5) is 0 Å². The number of hydrogen-bond acceptors (Lipinski definition) is 4. The van der Waals surface area contributed by atoms with Crippen LogP contribution in [0.2, 0.25) is 0 Å². The molecule has 0 fully saturated rings. The smallest absolute Gasteiger partial charge is 0.226 e. The Morgan fingerprint density at radius 1 is 1.21 bits per heavy atom. The number of nitrogens with zero attached hydrogens (tertiary/aromatic N) is 2. The summed E-state index contributed by atoms with van der Waals surface area (Å²) in [6.45, 7) is 6.07. The number of rotatable bonds is 5. The highest BCUT2D eigenvalue weighted by Gasteiger charge is 2.14. The maximum Gasteiger partial charge on any atom is 0.226 e. The van der Waals surface area contributed by atoms with Crippen LogP contribution in [-0.4, -0.2) is 15.7 Å². The molecule has 0 saturated heterocycles. The van der Waals surface area contributed by atoms with Crippen molar-refractivity contribution < 1.29 is 4.52 Å². The van der Waals surface area contributed by atoms with Gasteiger partial charge in [0.25, 0.3) is 0 Å². The van der Waals surface area contributed by atoms with E-state index in [9.17, 15) is 0 Å². The monoisotopic (exact) mass is 259 g/mol. The lowest BCUT2D eigenvalue weighted by Crippen LogP contribution is -2.32. The van der Waals surface area contributed by atoms with E-state index in [1.165, 1.54) is 11.1 Å². The van der Waals surface area contributed by atoms with Crippen molar-refractivity contribution in [2.45, 2.75) is 45.6 Å². The molecule has 4 nitrogen and oxygen atoms in total. The maximum atomic E-state index is 5.94. The standard InChI is InChI=1S/C15H21N3O/c1-11-4-6-12(7-5-11)10-13-17-14(19-18-13)8-9-15(2,3)16/h4-7H,8-10,16H2,1-3H3. The van der Waals surface area contributed by atoms with Crippen molar-refractivity contribution in [3.63, 3.8) is 0 Å². The first-order valence-electron chi connectivity index (χ1n) is 6.58. The van der Waals surface area contributed by atoms with E-state index in [4.69, 9.17) is 10.3 Å². The summed E-state index contributed by atoms with van der Waals surface area (Å²) in [5, 5.41) is 4.01. The zero-order chi connectivity index (χ0) is 13.9. The topological polar surface area (TPSA) is 64.9 Å². The van der Waals surface area contributed by atoms with E-state index in [2.05, 4.69) is 41.3 Å². The predicted molar refractivity (Wildman–Crippen MR) is 74.9 cm³/mol. The number of nitrogens with two attached hydrogens (primary N) is 1. The molecule has 0 saturated carbocycles. The van der Waals surface area contributed by atoms with E-state index in [1.54, 1.807) is 0 Å². The molecular formula is C15H21N3O. The van der Waals surface area contributed by atoms with Gasteiger partial charge in [-0.1, -0.05) is 35.0 Å². The van der Waals surface area contributed by atoms with Crippen LogP contribution >= 0.6 is 0 Å². The predicted octanol–water partition coefficient (Wildman–Crippen LogP) is 2.64. The van der Waals surface area contributed by atoms with Crippen molar-refractivity contribution in [3.05, 3.63) is 47.1 Å². The van der Waals surface area contributed by atoms with Crippen LogP contribution in [0.1, 0.15) is 43.1 Å². The lowest BCUT2D eigenvalue weighted by molar-refractivity contribution is 0.355. The normalized spacial score (nSPS) is 11.8. The van der Waals surface area contributed by atoms with Crippen LogP contribution in [0.25, 0.3) is 0 Å². The molecule has 0 atom stereocenters. The van der Waals surface area contributed by atoms with Crippen LogP contribution in [-0.2, 0) is 12.8 Å². The van der Waals surface area contributed by atoms with Crippen molar-refractivity contribution in [3.8, 4) is 0 Å². The molecule has 0 spiro atoms. The van der Waals surface area contributed by atoms with Gasteiger partial charge in [0, 0.05) is 18.4 Å². The highest BCUT2D eigenvalue weighted by atomic mass is 16.5. The van der Waals surface area contributed by atoms with Gasteiger partial charge in [-0.05, 0) is 32.8 Å². The molecule has 2 aromatic rings. The van der Waals surface area contributed by atoms with Crippen LogP contribution in [0, 0.1) is 6.92 Å². The molecule has 1 aromatic carbocycles. The van der Waals surface area contributed by atoms with E-state index in [0.29, 0.717) is 12.3 Å². The van der Waals surface area contributed by atoms with Crippen LogP contribution in [0.3, 0.4) is 0 Å². The Bertz CT molecular complexity index is 523. The molecule has 0 aliphatic heterocycles. The Labute approximate surface area is 114 Å². The zero-order valence-corrected chi connectivity index (χ0v) is 11.8. The van der Waals surface area contributed by atoms with Crippen molar-refractivity contribution >= 4 is 0 Å². The van der Waals surface area contributed by atoms with Gasteiger partial charge in [-0.25, -0.2) is 0 Å². The van der Waals surface area contributed by atoms with Crippen LogP contribution in [0.5, 0.6) is 0 Å². The molecule has 102 valence electrons. The first kappa shape index (κ1) is 13.7. The van der Waals surface area contributed by atoms with Crippen molar-refractivity contribution in [1.29, 1.82) is 0 Å². The number of aromatic nitrogens is 2. The average Bonchev–Trinajstić information content (AvgIpc) is 2.77. The SMILES string of the molecule is Cc1ccc(Cc2noc(CCC(C)(C)N)n2)cc1. The average molecular weight is 259 g/mol. The Balaban J connectivity index is 1.95. The summed E-state index contributed by atoms with van der Waals surface area (Å²) in [7, 11) is 0. The van der Waals surface area contributed by atoms with Gasteiger partial charge in [0.15, 0.2) is 5.82 Å². The van der Waals surface area contributed by atoms with E-state index in [-0.39, 0.29) is 5.54 Å². The van der Waals surface area contributed by atoms with Gasteiger partial charge in [-0.15, -0.1) is 0 Å². The fraction of sp³-hybridized carbons (Fsp3) is 0.467. The molecule has 19 heavy (non-hydrogen) atoms. The molecule has 1 aromatic heterocycles. The molecule has 0 radical (unpaired) electrons. The van der Waals surface area contributed by atoms with Crippen molar-refractivity contribution in [2.24, 2.45) is 5.73 Å². The largest absolute Gasteiger partial charge is 0.339 e. The molecular weight excluding hydrogens is 238 g/mol. The Morgan fingerprint density at radius 3 is 2.53 bits per heavy atom. The van der Waals surface area contributed by atoms with Crippen molar-refractivity contribution in [2.75, 3.05) is 0 Å². The number of aryl methyl sites for hydroxylation is 2. The van der Waals surface area contributed by atoms with Crippen LogP contribution < -0.4 is 5.73 Å². The van der Waals surface area contributed by atoms with E-state index < -0.39 is 0 Å². The number of benzene rings is 1. The van der Waals surface area contributed by atoms with Crippen LogP contribution in [0.15, 0.2) is 28.8 Å². The van der Waals surface area contributed by atoms with Gasteiger partial charge >= 0.3 is 0 Å². The van der Waals surface area contributed by atoms with Gasteiger partial charge in [0.1, 0.15) is 0 Å². The van der Waals surface area contributed by atoms with Gasteiger partial charge in [-0.3, -0.25) is 0 Å². The third-order valence-corrected chi connectivity index (χ3v) is 2.98. The Morgan fingerprint density at radius 2 is 1.89 bits per heavy atom. The molecule has 4 heteroatoms. The summed E-state index contributed by atoms with van der Waals surface area (Å²) in [5.74, 6) is 1.40. The summed E-state index contributed by atoms with van der Waals surface area (Å²) in [5.41, 5.74) is 8.18. The Kier molecular flexibility index (Phi) is 4.00. The quantitative estimate of drug-likeness (QED) is 0.896. The van der Waals surface area contributed by atoms with Gasteiger partial charge in [-0.2, -0.15) is 4.98 Å².